The van der Waals surface area contributed by atoms with E-state index in [9.17, 15) is 0 Å². The largest absolute Gasteiger partial charge is 0.251 e. The van der Waals surface area contributed by atoms with E-state index in [1.807, 2.05) is 48.7 Å². The predicted molar refractivity (Wildman–Crippen MR) is 99.2 cm³/mol. The second-order valence-corrected chi connectivity index (χ2v) is 5.94. The van der Waals surface area contributed by atoms with Crippen LogP contribution in [0, 0.1) is 0 Å². The van der Waals surface area contributed by atoms with E-state index < -0.39 is 0 Å². The molecule has 0 aliphatic rings. The van der Waals surface area contributed by atoms with Crippen LogP contribution in [0.25, 0.3) is 39.1 Å². The minimum Gasteiger partial charge on any atom is -0.217 e. The molecule has 25 heavy (non-hydrogen) atoms. The van der Waals surface area contributed by atoms with Gasteiger partial charge in [0.2, 0.25) is 0 Å². The number of hydrogen-bond acceptors (Lipinski definition) is 3. The van der Waals surface area contributed by atoms with Crippen molar-refractivity contribution in [2.75, 3.05) is 0 Å². The van der Waals surface area contributed by atoms with Gasteiger partial charge in [-0.15, -0.1) is 0 Å². The van der Waals surface area contributed by atoms with Gasteiger partial charge in [-0.3, -0.25) is 0 Å². The lowest BCUT2D eigenvalue weighted by Gasteiger charge is -2.00. The van der Waals surface area contributed by atoms with Crippen LogP contribution in [0.5, 0.6) is 0 Å². The van der Waals surface area contributed by atoms with Crippen molar-refractivity contribution < 1.29 is 0 Å². The van der Waals surface area contributed by atoms with Crippen molar-refractivity contribution in [2.24, 2.45) is 0 Å². The maximum Gasteiger partial charge on any atom is 0.251 e. The molecule has 0 saturated carbocycles. The van der Waals surface area contributed by atoms with E-state index in [4.69, 9.17) is 0 Å². The normalized spacial score (nSPS) is 11.2. The first-order valence-corrected chi connectivity index (χ1v) is 8.14. The second kappa shape index (κ2) is 5.53. The summed E-state index contributed by atoms with van der Waals surface area (Å²) in [6, 6.07) is 24.7. The number of rotatable bonds is 2. The Balaban J connectivity index is 1.62. The first-order valence-electron chi connectivity index (χ1n) is 8.14. The summed E-state index contributed by atoms with van der Waals surface area (Å²) in [6.07, 6.45) is 3.70. The van der Waals surface area contributed by atoms with Gasteiger partial charge < -0.3 is 0 Å². The van der Waals surface area contributed by atoms with Crippen LogP contribution < -0.4 is 0 Å². The highest BCUT2D eigenvalue weighted by atomic mass is 15.3. The molecule has 0 saturated heterocycles. The molecule has 5 aromatic rings. The fraction of sp³-hybridized carbons (Fsp3) is 0. The highest BCUT2D eigenvalue weighted by Gasteiger charge is 2.08. The average molecular weight is 322 g/mol. The fourth-order valence-electron chi connectivity index (χ4n) is 3.01. The van der Waals surface area contributed by atoms with E-state index in [0.717, 1.165) is 22.5 Å². The summed E-state index contributed by atoms with van der Waals surface area (Å²) >= 11 is 0. The average Bonchev–Trinajstić information content (AvgIpc) is 3.11. The third-order valence-corrected chi connectivity index (χ3v) is 4.30. The first-order chi connectivity index (χ1) is 12.4. The molecule has 5 rings (SSSR count). The van der Waals surface area contributed by atoms with Crippen LogP contribution in [-0.4, -0.2) is 19.6 Å². The molecular formula is C21H14N4. The third kappa shape index (κ3) is 2.44. The Labute approximate surface area is 144 Å². The van der Waals surface area contributed by atoms with Crippen LogP contribution in [-0.2, 0) is 0 Å². The lowest BCUT2D eigenvalue weighted by atomic mass is 10.1. The van der Waals surface area contributed by atoms with E-state index in [-0.39, 0.29) is 0 Å². The van der Waals surface area contributed by atoms with Crippen molar-refractivity contribution in [3.05, 3.63) is 85.2 Å². The highest BCUT2D eigenvalue weighted by Crippen LogP contribution is 2.24. The molecule has 0 unspecified atom stereocenters. The van der Waals surface area contributed by atoms with Crippen molar-refractivity contribution in [1.82, 2.24) is 19.6 Å². The quantitative estimate of drug-likeness (QED) is 0.476. The van der Waals surface area contributed by atoms with Gasteiger partial charge in [0.1, 0.15) is 5.69 Å². The Morgan fingerprint density at radius 3 is 2.36 bits per heavy atom. The molecular weight excluding hydrogens is 308 g/mol. The van der Waals surface area contributed by atoms with Gasteiger partial charge in [0.05, 0.1) is 18.1 Å². The molecule has 0 N–H and O–H groups in total. The SMILES string of the molecule is c1ccc(-c2cnc3nc(-c4ccc5ccccc5c4)cn3n2)cc1. The molecule has 0 spiro atoms. The van der Waals surface area contributed by atoms with E-state index in [1.54, 1.807) is 10.7 Å². The van der Waals surface area contributed by atoms with Crippen LogP contribution >= 0.6 is 0 Å². The minimum absolute atomic E-state index is 0.600. The number of imidazole rings is 1. The van der Waals surface area contributed by atoms with Crippen molar-refractivity contribution >= 4 is 16.6 Å². The molecule has 0 radical (unpaired) electrons. The molecule has 118 valence electrons. The van der Waals surface area contributed by atoms with E-state index in [2.05, 4.69) is 45.4 Å². The molecule has 3 aromatic carbocycles. The van der Waals surface area contributed by atoms with Crippen molar-refractivity contribution in [3.8, 4) is 22.5 Å². The van der Waals surface area contributed by atoms with Crippen molar-refractivity contribution in [2.45, 2.75) is 0 Å². The fourth-order valence-corrected chi connectivity index (χ4v) is 3.01. The smallest absolute Gasteiger partial charge is 0.217 e. The van der Waals surface area contributed by atoms with Crippen LogP contribution in [0.3, 0.4) is 0 Å². The maximum atomic E-state index is 4.65. The number of fused-ring (bicyclic) bond motifs is 2. The van der Waals surface area contributed by atoms with E-state index >= 15 is 0 Å². The third-order valence-electron chi connectivity index (χ3n) is 4.30. The summed E-state index contributed by atoms with van der Waals surface area (Å²) in [5, 5.41) is 7.06. The van der Waals surface area contributed by atoms with Crippen molar-refractivity contribution in [3.63, 3.8) is 0 Å². The molecule has 2 heterocycles. The van der Waals surface area contributed by atoms with E-state index in [1.165, 1.54) is 10.8 Å². The standard InChI is InChI=1S/C21H14N4/c1-2-7-16(8-3-1)19-13-22-21-23-20(14-25(21)24-19)18-11-10-15-6-4-5-9-17(15)12-18/h1-14H. The Morgan fingerprint density at radius 1 is 0.680 bits per heavy atom. The summed E-state index contributed by atoms with van der Waals surface area (Å²) in [4.78, 5) is 9.07. The van der Waals surface area contributed by atoms with Gasteiger partial charge in [0.25, 0.3) is 5.78 Å². The molecule has 0 amide bonds. The molecule has 0 aliphatic carbocycles. The van der Waals surface area contributed by atoms with Gasteiger partial charge in [0, 0.05) is 11.1 Å². The Hall–Kier alpha value is -3.53. The van der Waals surface area contributed by atoms with Gasteiger partial charge in [-0.1, -0.05) is 66.7 Å². The molecule has 0 aliphatic heterocycles. The summed E-state index contributed by atoms with van der Waals surface area (Å²) in [6.45, 7) is 0. The van der Waals surface area contributed by atoms with Gasteiger partial charge in [-0.05, 0) is 16.8 Å². The zero-order chi connectivity index (χ0) is 16.6. The maximum absolute atomic E-state index is 4.65. The Bertz CT molecular complexity index is 1190. The van der Waals surface area contributed by atoms with Gasteiger partial charge in [-0.2, -0.15) is 5.10 Å². The van der Waals surface area contributed by atoms with Gasteiger partial charge >= 0.3 is 0 Å². The van der Waals surface area contributed by atoms with Gasteiger partial charge in [-0.25, -0.2) is 14.5 Å². The summed E-state index contributed by atoms with van der Waals surface area (Å²) in [5.74, 6) is 0.600. The summed E-state index contributed by atoms with van der Waals surface area (Å²) in [7, 11) is 0. The lowest BCUT2D eigenvalue weighted by molar-refractivity contribution is 0.909. The minimum atomic E-state index is 0.600. The van der Waals surface area contributed by atoms with Crippen LogP contribution in [0.15, 0.2) is 85.2 Å². The predicted octanol–water partition coefficient (Wildman–Crippen LogP) is 4.61. The second-order valence-electron chi connectivity index (χ2n) is 5.94. The zero-order valence-corrected chi connectivity index (χ0v) is 13.4. The van der Waals surface area contributed by atoms with E-state index in [0.29, 0.717) is 5.78 Å². The topological polar surface area (TPSA) is 43.1 Å². The van der Waals surface area contributed by atoms with Crippen LogP contribution in [0.4, 0.5) is 0 Å². The molecule has 4 heteroatoms. The Kier molecular flexibility index (Phi) is 3.07. The first kappa shape index (κ1) is 13.9. The van der Waals surface area contributed by atoms with Crippen molar-refractivity contribution in [1.29, 1.82) is 0 Å². The molecule has 0 bridgehead atoms. The molecule has 0 atom stereocenters. The molecule has 2 aromatic heterocycles. The summed E-state index contributed by atoms with van der Waals surface area (Å²) < 4.78 is 1.74. The zero-order valence-electron chi connectivity index (χ0n) is 13.4. The van der Waals surface area contributed by atoms with Gasteiger partial charge in [0.15, 0.2) is 0 Å². The Morgan fingerprint density at radius 2 is 1.48 bits per heavy atom. The number of hydrogen-bond donors (Lipinski definition) is 0. The van der Waals surface area contributed by atoms with Crippen LogP contribution in [0.2, 0.25) is 0 Å². The number of benzene rings is 3. The number of aromatic nitrogens is 4. The highest BCUT2D eigenvalue weighted by molar-refractivity contribution is 5.86. The summed E-state index contributed by atoms with van der Waals surface area (Å²) in [5.41, 5.74) is 3.80. The molecule has 0 fully saturated rings. The number of nitrogens with zero attached hydrogens (tertiary/aromatic N) is 4. The molecule has 4 nitrogen and oxygen atoms in total. The lowest BCUT2D eigenvalue weighted by Crippen LogP contribution is -1.95. The monoisotopic (exact) mass is 322 g/mol. The van der Waals surface area contributed by atoms with Crippen LogP contribution in [0.1, 0.15) is 0 Å².